The molecule has 0 aliphatic carbocycles. The van der Waals surface area contributed by atoms with E-state index in [9.17, 15) is 0 Å². The van der Waals surface area contributed by atoms with Crippen molar-refractivity contribution in [1.29, 1.82) is 0 Å². The summed E-state index contributed by atoms with van der Waals surface area (Å²) in [5.74, 6) is 0.899. The molecule has 1 aliphatic heterocycles. The monoisotopic (exact) mass is 341 g/mol. The lowest BCUT2D eigenvalue weighted by Crippen LogP contribution is -2.41. The van der Waals surface area contributed by atoms with Gasteiger partial charge in [0.25, 0.3) is 0 Å². The average Bonchev–Trinajstić information content (AvgIpc) is 2.85. The smallest absolute Gasteiger partial charge is 0.120 e. The summed E-state index contributed by atoms with van der Waals surface area (Å²) >= 11 is 3.68. The maximum atomic E-state index is 6.03. The molecule has 20 heavy (non-hydrogen) atoms. The van der Waals surface area contributed by atoms with E-state index in [-0.39, 0.29) is 11.6 Å². The van der Waals surface area contributed by atoms with Crippen molar-refractivity contribution in [2.45, 2.75) is 45.3 Å². The predicted octanol–water partition coefficient (Wildman–Crippen LogP) is 4.07. The second kappa shape index (κ2) is 6.92. The third-order valence-electron chi connectivity index (χ3n) is 3.86. The van der Waals surface area contributed by atoms with Crippen LogP contribution < -0.4 is 10.1 Å². The lowest BCUT2D eigenvalue weighted by atomic mass is 9.87. The molecule has 1 aromatic rings. The van der Waals surface area contributed by atoms with Gasteiger partial charge in [0.1, 0.15) is 5.75 Å². The van der Waals surface area contributed by atoms with Crippen LogP contribution in [-0.4, -0.2) is 25.4 Å². The summed E-state index contributed by atoms with van der Waals surface area (Å²) in [7, 11) is 0. The van der Waals surface area contributed by atoms with Crippen LogP contribution in [0.25, 0.3) is 0 Å². The van der Waals surface area contributed by atoms with Gasteiger partial charge in [0.2, 0.25) is 0 Å². The van der Waals surface area contributed by atoms with Gasteiger partial charge < -0.3 is 14.8 Å². The van der Waals surface area contributed by atoms with E-state index < -0.39 is 0 Å². The highest BCUT2D eigenvalue weighted by Crippen LogP contribution is 2.40. The number of hydrogen-bond donors (Lipinski definition) is 1. The second-order valence-corrected chi connectivity index (χ2v) is 6.23. The Bertz CT molecular complexity index is 444. The molecule has 0 radical (unpaired) electrons. The normalized spacial score (nSPS) is 23.8. The number of likely N-dealkylation sites (N-methyl/N-ethyl adjacent to an activating group) is 1. The molecule has 2 unspecified atom stereocenters. The minimum Gasteiger partial charge on any atom is -0.494 e. The van der Waals surface area contributed by atoms with Crippen LogP contribution in [0.2, 0.25) is 0 Å². The first kappa shape index (κ1) is 15.8. The summed E-state index contributed by atoms with van der Waals surface area (Å²) in [6, 6.07) is 6.41. The van der Waals surface area contributed by atoms with Gasteiger partial charge in [0, 0.05) is 11.1 Å². The Balaban J connectivity index is 2.29. The van der Waals surface area contributed by atoms with Crippen molar-refractivity contribution < 1.29 is 9.47 Å². The van der Waals surface area contributed by atoms with E-state index in [0.717, 1.165) is 36.2 Å². The molecule has 1 heterocycles. The average molecular weight is 342 g/mol. The summed E-state index contributed by atoms with van der Waals surface area (Å²) < 4.78 is 12.7. The molecule has 0 spiro atoms. The van der Waals surface area contributed by atoms with Gasteiger partial charge in [-0.15, -0.1) is 0 Å². The zero-order valence-corrected chi connectivity index (χ0v) is 14.1. The minimum absolute atomic E-state index is 0.133. The Kier molecular flexibility index (Phi) is 5.47. The molecule has 2 rings (SSSR count). The van der Waals surface area contributed by atoms with Crippen LogP contribution in [0.15, 0.2) is 22.7 Å². The fraction of sp³-hybridized carbons (Fsp3) is 0.625. The van der Waals surface area contributed by atoms with Crippen LogP contribution >= 0.6 is 15.9 Å². The Morgan fingerprint density at radius 2 is 2.25 bits per heavy atom. The predicted molar refractivity (Wildman–Crippen MR) is 85.3 cm³/mol. The van der Waals surface area contributed by atoms with E-state index in [1.54, 1.807) is 0 Å². The first-order valence-corrected chi connectivity index (χ1v) is 8.19. The number of rotatable bonds is 6. The van der Waals surface area contributed by atoms with Gasteiger partial charge in [-0.05, 0) is 50.9 Å². The second-order valence-electron chi connectivity index (χ2n) is 5.37. The van der Waals surface area contributed by atoms with Crippen LogP contribution in [0.5, 0.6) is 5.75 Å². The molecule has 1 saturated heterocycles. The third-order valence-corrected chi connectivity index (χ3v) is 4.55. The molecule has 0 amide bonds. The van der Waals surface area contributed by atoms with E-state index in [0.29, 0.717) is 6.61 Å². The summed E-state index contributed by atoms with van der Waals surface area (Å²) in [5, 5.41) is 3.58. The molecule has 4 heteroatoms. The van der Waals surface area contributed by atoms with Gasteiger partial charge in [-0.2, -0.15) is 0 Å². The van der Waals surface area contributed by atoms with Gasteiger partial charge in [-0.25, -0.2) is 0 Å². The molecular formula is C16H24BrNO2. The topological polar surface area (TPSA) is 30.5 Å². The summed E-state index contributed by atoms with van der Waals surface area (Å²) in [6.07, 6.45) is 2.22. The quantitative estimate of drug-likeness (QED) is 0.845. The van der Waals surface area contributed by atoms with Gasteiger partial charge in [0.05, 0.1) is 18.2 Å². The molecule has 1 aromatic carbocycles. The van der Waals surface area contributed by atoms with Crippen molar-refractivity contribution in [1.82, 2.24) is 5.32 Å². The highest BCUT2D eigenvalue weighted by molar-refractivity contribution is 9.10. The Labute approximate surface area is 130 Å². The molecule has 1 N–H and O–H groups in total. The highest BCUT2D eigenvalue weighted by atomic mass is 79.9. The first-order valence-electron chi connectivity index (χ1n) is 7.40. The number of benzene rings is 1. The minimum atomic E-state index is -0.133. The van der Waals surface area contributed by atoms with Crippen LogP contribution in [0, 0.1) is 0 Å². The Morgan fingerprint density at radius 1 is 1.45 bits per heavy atom. The fourth-order valence-electron chi connectivity index (χ4n) is 2.89. The summed E-state index contributed by atoms with van der Waals surface area (Å²) in [4.78, 5) is 0. The van der Waals surface area contributed by atoms with Crippen LogP contribution in [0.4, 0.5) is 0 Å². The zero-order chi connectivity index (χ0) is 14.6. The first-order chi connectivity index (χ1) is 9.60. The van der Waals surface area contributed by atoms with E-state index in [1.807, 2.05) is 19.1 Å². The maximum absolute atomic E-state index is 6.03. The number of nitrogens with one attached hydrogen (secondary N) is 1. The Morgan fingerprint density at radius 3 is 2.80 bits per heavy atom. The van der Waals surface area contributed by atoms with Crippen LogP contribution in [0.1, 0.15) is 45.2 Å². The van der Waals surface area contributed by atoms with Gasteiger partial charge in [0.15, 0.2) is 0 Å². The lowest BCUT2D eigenvalue weighted by Gasteiger charge is -2.35. The number of hydrogen-bond acceptors (Lipinski definition) is 3. The van der Waals surface area contributed by atoms with Crippen molar-refractivity contribution in [3.05, 3.63) is 28.2 Å². The molecule has 1 aliphatic rings. The molecule has 0 saturated carbocycles. The SMILES string of the molecule is CCNC(c1ccc(OCC)cc1Br)C1(C)CCCO1. The molecule has 112 valence electrons. The molecular weight excluding hydrogens is 318 g/mol. The lowest BCUT2D eigenvalue weighted by molar-refractivity contribution is -0.0123. The number of halogens is 1. The molecule has 0 aromatic heterocycles. The summed E-state index contributed by atoms with van der Waals surface area (Å²) in [6.45, 7) is 8.79. The molecule has 0 bridgehead atoms. The van der Waals surface area contributed by atoms with Crippen molar-refractivity contribution in [3.8, 4) is 5.75 Å². The van der Waals surface area contributed by atoms with Gasteiger partial charge in [-0.1, -0.05) is 28.9 Å². The van der Waals surface area contributed by atoms with Crippen molar-refractivity contribution in [2.75, 3.05) is 19.8 Å². The van der Waals surface area contributed by atoms with Crippen LogP contribution in [0.3, 0.4) is 0 Å². The van der Waals surface area contributed by atoms with E-state index >= 15 is 0 Å². The third kappa shape index (κ3) is 3.35. The van der Waals surface area contributed by atoms with E-state index in [1.165, 1.54) is 5.56 Å². The highest BCUT2D eigenvalue weighted by Gasteiger charge is 2.39. The van der Waals surface area contributed by atoms with E-state index in [2.05, 4.69) is 41.2 Å². The van der Waals surface area contributed by atoms with Gasteiger partial charge in [-0.3, -0.25) is 0 Å². The molecule has 2 atom stereocenters. The van der Waals surface area contributed by atoms with Crippen LogP contribution in [-0.2, 0) is 4.74 Å². The molecule has 3 nitrogen and oxygen atoms in total. The standard InChI is InChI=1S/C16H24BrNO2/c1-4-18-15(16(3)9-6-10-20-16)13-8-7-12(19-5-2)11-14(13)17/h7-8,11,15,18H,4-6,9-10H2,1-3H3. The van der Waals surface area contributed by atoms with Crippen molar-refractivity contribution in [3.63, 3.8) is 0 Å². The zero-order valence-electron chi connectivity index (χ0n) is 12.5. The van der Waals surface area contributed by atoms with Crippen molar-refractivity contribution in [2.24, 2.45) is 0 Å². The number of ether oxygens (including phenoxy) is 2. The molecule has 1 fully saturated rings. The fourth-order valence-corrected chi connectivity index (χ4v) is 3.47. The Hall–Kier alpha value is -0.580. The maximum Gasteiger partial charge on any atom is 0.120 e. The largest absolute Gasteiger partial charge is 0.494 e. The van der Waals surface area contributed by atoms with E-state index in [4.69, 9.17) is 9.47 Å². The van der Waals surface area contributed by atoms with Gasteiger partial charge >= 0.3 is 0 Å². The van der Waals surface area contributed by atoms with Crippen molar-refractivity contribution >= 4 is 15.9 Å². The summed E-state index contributed by atoms with van der Waals surface area (Å²) in [5.41, 5.74) is 1.10.